The fourth-order valence-corrected chi connectivity index (χ4v) is 11.1. The highest BCUT2D eigenvalue weighted by molar-refractivity contribution is 6.70. The highest BCUT2D eigenvalue weighted by atomic mass is 28.4. The van der Waals surface area contributed by atoms with Gasteiger partial charge in [0.05, 0.1) is 12.3 Å². The Morgan fingerprint density at radius 2 is 1.63 bits per heavy atom. The van der Waals surface area contributed by atoms with Crippen LogP contribution in [0.1, 0.15) is 65.7 Å². The maximum Gasteiger partial charge on any atom is 0.185 e. The van der Waals surface area contributed by atoms with E-state index in [9.17, 15) is 0 Å². The molecule has 0 aromatic rings. The Kier molecular flexibility index (Phi) is 8.26. The molecule has 0 aliphatic heterocycles. The highest BCUT2D eigenvalue weighted by Crippen LogP contribution is 2.69. The molecule has 8 heteroatoms. The summed E-state index contributed by atoms with van der Waals surface area (Å²) < 4.78 is 13.8. The van der Waals surface area contributed by atoms with Crippen molar-refractivity contribution in [3.05, 3.63) is 11.6 Å². The summed E-state index contributed by atoms with van der Waals surface area (Å²) in [5.74, 6) is 2.57. The van der Waals surface area contributed by atoms with E-state index >= 15 is 0 Å². The van der Waals surface area contributed by atoms with Gasteiger partial charge >= 0.3 is 0 Å². The molecule has 0 bridgehead atoms. The quantitative estimate of drug-likeness (QED) is 0.173. The van der Waals surface area contributed by atoms with Gasteiger partial charge in [0, 0.05) is 5.41 Å². The van der Waals surface area contributed by atoms with Gasteiger partial charge in [-0.2, -0.15) is 0 Å². The SMILES string of the molecule is CO/N=C1/C=C2[C@@H](C)C[C@@H]3[C@H](CC[C@@]4(C)[C@H]3CC[C@]4(O[Si](C)(C)C)/C(CO[Si](C)(C)C)=N/OC)[C@@]2(C)CC1. The van der Waals surface area contributed by atoms with Crippen molar-refractivity contribution in [3.8, 4) is 0 Å². The summed E-state index contributed by atoms with van der Waals surface area (Å²) in [6, 6.07) is 0. The first kappa shape index (κ1) is 30.0. The van der Waals surface area contributed by atoms with Crippen LogP contribution in [0.5, 0.6) is 0 Å². The molecule has 4 aliphatic carbocycles. The Morgan fingerprint density at radius 3 is 2.24 bits per heavy atom. The van der Waals surface area contributed by atoms with E-state index in [0.717, 1.165) is 30.7 Å². The van der Waals surface area contributed by atoms with Crippen LogP contribution >= 0.6 is 0 Å². The van der Waals surface area contributed by atoms with E-state index in [1.807, 2.05) is 0 Å². The molecular weight excluding hydrogens is 509 g/mol. The fraction of sp³-hybridized carbons (Fsp3) is 0.867. The number of hydrogen-bond donors (Lipinski definition) is 0. The average Bonchev–Trinajstić information content (AvgIpc) is 3.09. The van der Waals surface area contributed by atoms with Crippen LogP contribution in [0, 0.1) is 34.5 Å². The summed E-state index contributed by atoms with van der Waals surface area (Å²) in [5, 5.41) is 9.03. The normalized spacial score (nSPS) is 40.8. The van der Waals surface area contributed by atoms with E-state index < -0.39 is 22.2 Å². The zero-order valence-corrected chi connectivity index (χ0v) is 28.1. The summed E-state index contributed by atoms with van der Waals surface area (Å²) in [5.41, 5.74) is 3.54. The molecule has 0 radical (unpaired) electrons. The summed E-state index contributed by atoms with van der Waals surface area (Å²) in [6.07, 6.45) is 10.4. The standard InChI is InChI=1S/C30H54N2O4Si2/c1-21-18-23-24(28(2)15-12-22(31-33-4)19-26(21)28)13-16-29(3)25(23)14-17-30(29,36-38(9,10)11)27(32-34-5)20-35-37(6,7)8/h19,21,23-25H,12-18,20H2,1-11H3/b31-22+,32-27+/t21-,23+,24-,25-,28+,29-,30-/m0/s1. The second kappa shape index (κ2) is 10.5. The molecule has 0 N–H and O–H groups in total. The smallest absolute Gasteiger partial charge is 0.185 e. The van der Waals surface area contributed by atoms with Crippen LogP contribution in [-0.2, 0) is 18.5 Å². The molecule has 0 aromatic carbocycles. The van der Waals surface area contributed by atoms with Crippen LogP contribution in [0.4, 0.5) is 0 Å². The number of fused-ring (bicyclic) bond motifs is 5. The van der Waals surface area contributed by atoms with E-state index in [2.05, 4.69) is 71.3 Å². The Morgan fingerprint density at radius 1 is 0.947 bits per heavy atom. The average molecular weight is 563 g/mol. The monoisotopic (exact) mass is 562 g/mol. The van der Waals surface area contributed by atoms with E-state index in [-0.39, 0.29) is 10.8 Å². The molecule has 0 spiro atoms. The second-order valence-electron chi connectivity index (χ2n) is 15.0. The summed E-state index contributed by atoms with van der Waals surface area (Å²) in [7, 11) is -0.328. The maximum absolute atomic E-state index is 7.34. The Balaban J connectivity index is 1.74. The van der Waals surface area contributed by atoms with Gasteiger partial charge in [-0.05, 0) is 119 Å². The molecule has 3 fully saturated rings. The molecule has 0 amide bonds. The molecule has 0 saturated heterocycles. The van der Waals surface area contributed by atoms with Crippen molar-refractivity contribution in [2.75, 3.05) is 20.8 Å². The van der Waals surface area contributed by atoms with Crippen molar-refractivity contribution in [2.24, 2.45) is 44.8 Å². The second-order valence-corrected chi connectivity index (χ2v) is 23.9. The summed E-state index contributed by atoms with van der Waals surface area (Å²) >= 11 is 0. The third-order valence-corrected chi connectivity index (χ3v) is 12.4. The van der Waals surface area contributed by atoms with Crippen LogP contribution in [0.25, 0.3) is 0 Å². The number of oxime groups is 2. The van der Waals surface area contributed by atoms with Crippen LogP contribution < -0.4 is 0 Å². The molecule has 6 nitrogen and oxygen atoms in total. The molecule has 0 heterocycles. The van der Waals surface area contributed by atoms with Gasteiger partial charge < -0.3 is 18.5 Å². The molecule has 7 atom stereocenters. The van der Waals surface area contributed by atoms with Gasteiger partial charge in [0.1, 0.15) is 25.5 Å². The number of nitrogens with zero attached hydrogens (tertiary/aromatic N) is 2. The Labute approximate surface area is 234 Å². The maximum atomic E-state index is 7.34. The molecular formula is C30H54N2O4Si2. The van der Waals surface area contributed by atoms with Crippen LogP contribution in [-0.4, -0.2) is 54.5 Å². The summed E-state index contributed by atoms with van der Waals surface area (Å²) in [4.78, 5) is 10.7. The van der Waals surface area contributed by atoms with Crippen LogP contribution in [0.3, 0.4) is 0 Å². The van der Waals surface area contributed by atoms with Crippen molar-refractivity contribution >= 4 is 28.1 Å². The first-order valence-corrected chi connectivity index (χ1v) is 21.7. The van der Waals surface area contributed by atoms with Gasteiger partial charge in [-0.1, -0.05) is 36.7 Å². The molecule has 0 unspecified atom stereocenters. The predicted molar refractivity (Wildman–Crippen MR) is 162 cm³/mol. The highest BCUT2D eigenvalue weighted by Gasteiger charge is 2.67. The van der Waals surface area contributed by atoms with E-state index in [1.54, 1.807) is 19.8 Å². The van der Waals surface area contributed by atoms with Gasteiger partial charge in [-0.25, -0.2) is 0 Å². The van der Waals surface area contributed by atoms with Gasteiger partial charge in [0.2, 0.25) is 0 Å². The van der Waals surface area contributed by atoms with Crippen molar-refractivity contribution in [1.82, 2.24) is 0 Å². The molecule has 216 valence electrons. The summed E-state index contributed by atoms with van der Waals surface area (Å²) in [6.45, 7) is 21.7. The first-order valence-electron chi connectivity index (χ1n) is 14.9. The molecule has 4 aliphatic rings. The van der Waals surface area contributed by atoms with Crippen LogP contribution in [0.15, 0.2) is 22.0 Å². The lowest BCUT2D eigenvalue weighted by molar-refractivity contribution is -0.0956. The van der Waals surface area contributed by atoms with Gasteiger partial charge in [-0.3, -0.25) is 0 Å². The zero-order valence-electron chi connectivity index (χ0n) is 26.1. The molecule has 3 saturated carbocycles. The predicted octanol–water partition coefficient (Wildman–Crippen LogP) is 7.64. The zero-order chi connectivity index (χ0) is 28.1. The van der Waals surface area contributed by atoms with Crippen molar-refractivity contribution < 1.29 is 18.5 Å². The minimum atomic E-state index is -1.91. The fourth-order valence-electron chi connectivity index (χ4n) is 9.02. The van der Waals surface area contributed by atoms with Gasteiger partial charge in [0.15, 0.2) is 16.6 Å². The lowest BCUT2D eigenvalue weighted by Crippen LogP contribution is -2.62. The number of allylic oxidation sites excluding steroid dienone is 2. The third-order valence-electron chi connectivity index (χ3n) is 10.4. The van der Waals surface area contributed by atoms with Crippen molar-refractivity contribution in [3.63, 3.8) is 0 Å². The van der Waals surface area contributed by atoms with E-state index in [0.29, 0.717) is 30.3 Å². The van der Waals surface area contributed by atoms with Crippen molar-refractivity contribution in [1.29, 1.82) is 0 Å². The molecule has 4 rings (SSSR count). The van der Waals surface area contributed by atoms with Crippen molar-refractivity contribution in [2.45, 2.75) is 111 Å². The van der Waals surface area contributed by atoms with E-state index in [4.69, 9.17) is 23.7 Å². The number of rotatable bonds is 8. The Bertz CT molecular complexity index is 984. The Hall–Kier alpha value is -0.966. The third kappa shape index (κ3) is 5.24. The van der Waals surface area contributed by atoms with Gasteiger partial charge in [-0.15, -0.1) is 0 Å². The number of hydrogen-bond acceptors (Lipinski definition) is 6. The largest absolute Gasteiger partial charge is 0.412 e. The van der Waals surface area contributed by atoms with Gasteiger partial charge in [0.25, 0.3) is 0 Å². The van der Waals surface area contributed by atoms with Crippen LogP contribution in [0.2, 0.25) is 39.3 Å². The van der Waals surface area contributed by atoms with E-state index in [1.165, 1.54) is 25.7 Å². The lowest BCUT2D eigenvalue weighted by Gasteiger charge is -2.61. The molecule has 0 aromatic heterocycles. The minimum Gasteiger partial charge on any atom is -0.412 e. The lowest BCUT2D eigenvalue weighted by atomic mass is 9.44. The topological polar surface area (TPSA) is 61.6 Å². The first-order chi connectivity index (χ1) is 17.6. The molecule has 38 heavy (non-hydrogen) atoms. The minimum absolute atomic E-state index is 0.0171.